The van der Waals surface area contributed by atoms with Gasteiger partial charge in [0.2, 0.25) is 0 Å². The Hall–Kier alpha value is -1.61. The first-order chi connectivity index (χ1) is 12.9. The Kier molecular flexibility index (Phi) is 6.41. The normalized spacial score (nSPS) is 21.0. The molecule has 0 saturated heterocycles. The van der Waals surface area contributed by atoms with Crippen LogP contribution in [-0.4, -0.2) is 6.61 Å². The summed E-state index contributed by atoms with van der Waals surface area (Å²) in [6.45, 7) is 4.99. The van der Waals surface area contributed by atoms with E-state index in [4.69, 9.17) is 9.47 Å². The van der Waals surface area contributed by atoms with E-state index in [0.29, 0.717) is 24.2 Å². The Labute approximate surface area is 177 Å². The summed E-state index contributed by atoms with van der Waals surface area (Å²) in [5.74, 6) is 2.28. The van der Waals surface area contributed by atoms with E-state index in [2.05, 4.69) is 57.9 Å². The van der Waals surface area contributed by atoms with Gasteiger partial charge in [-0.25, -0.2) is 0 Å². The molecule has 0 heterocycles. The van der Waals surface area contributed by atoms with E-state index in [1.807, 2.05) is 54.6 Å². The molecule has 0 amide bonds. The number of nitrogens with zero attached hydrogens (tertiary/aromatic N) is 1. The van der Waals surface area contributed by atoms with Gasteiger partial charge in [0, 0.05) is 0 Å². The van der Waals surface area contributed by atoms with Crippen molar-refractivity contribution in [3.05, 3.63) is 69.6 Å². The zero-order chi connectivity index (χ0) is 19.4. The first-order valence-corrected chi connectivity index (χ1v) is 10.4. The quantitative estimate of drug-likeness (QED) is 0.421. The molecule has 3 unspecified atom stereocenters. The predicted molar refractivity (Wildman–Crippen MR) is 114 cm³/mol. The van der Waals surface area contributed by atoms with Crippen LogP contribution in [0.15, 0.2) is 64.1 Å². The first kappa shape index (κ1) is 20.1. The maximum atomic E-state index is 9.59. The molecule has 0 N–H and O–H groups in total. The van der Waals surface area contributed by atoms with Gasteiger partial charge in [-0.3, -0.25) is 0 Å². The molecule has 3 rings (SSSR count). The second kappa shape index (κ2) is 8.60. The SMILES string of the molecule is CC1(C)C(C=C(Br)Br)C1COC(C#N)c1cccc(Oc2ccccc2)c1. The zero-order valence-corrected chi connectivity index (χ0v) is 18.4. The summed E-state index contributed by atoms with van der Waals surface area (Å²) in [4.78, 5) is 0. The van der Waals surface area contributed by atoms with Crippen molar-refractivity contribution in [2.75, 3.05) is 6.61 Å². The number of rotatable bonds is 7. The number of halogens is 2. The lowest BCUT2D eigenvalue weighted by Gasteiger charge is -2.13. The second-order valence-electron chi connectivity index (χ2n) is 7.24. The van der Waals surface area contributed by atoms with Crippen molar-refractivity contribution in [3.63, 3.8) is 0 Å². The minimum absolute atomic E-state index is 0.172. The van der Waals surface area contributed by atoms with Crippen LogP contribution in [0.1, 0.15) is 25.5 Å². The van der Waals surface area contributed by atoms with E-state index >= 15 is 0 Å². The summed E-state index contributed by atoms with van der Waals surface area (Å²) in [5.41, 5.74) is 0.976. The second-order valence-corrected chi connectivity index (χ2v) is 10.0. The van der Waals surface area contributed by atoms with Crippen molar-refractivity contribution in [2.45, 2.75) is 20.0 Å². The van der Waals surface area contributed by atoms with Crippen molar-refractivity contribution < 1.29 is 9.47 Å². The fourth-order valence-electron chi connectivity index (χ4n) is 3.35. The van der Waals surface area contributed by atoms with Gasteiger partial charge < -0.3 is 9.47 Å². The minimum atomic E-state index is -0.613. The Bertz CT molecular complexity index is 854. The standard InChI is InChI=1S/C22H21Br2NO2/c1-22(2)18(12-21(23)24)19(22)14-26-20(13-25)15-7-6-10-17(11-15)27-16-8-4-3-5-9-16/h3-12,18-20H,14H2,1-2H3. The average molecular weight is 491 g/mol. The van der Waals surface area contributed by atoms with E-state index < -0.39 is 6.10 Å². The van der Waals surface area contributed by atoms with Gasteiger partial charge in [-0.05, 0) is 78.9 Å². The van der Waals surface area contributed by atoms with Crippen LogP contribution in [0.5, 0.6) is 11.5 Å². The van der Waals surface area contributed by atoms with Crippen molar-refractivity contribution >= 4 is 31.9 Å². The number of nitriles is 1. The Balaban J connectivity index is 1.65. The van der Waals surface area contributed by atoms with E-state index in [-0.39, 0.29) is 5.41 Å². The molecule has 3 nitrogen and oxygen atoms in total. The van der Waals surface area contributed by atoms with E-state index in [1.54, 1.807) is 0 Å². The van der Waals surface area contributed by atoms with Crippen LogP contribution in [0.25, 0.3) is 0 Å². The molecule has 140 valence electrons. The molecule has 2 aromatic rings. The number of benzene rings is 2. The van der Waals surface area contributed by atoms with Crippen LogP contribution in [0.3, 0.4) is 0 Å². The molecule has 0 bridgehead atoms. The summed E-state index contributed by atoms with van der Waals surface area (Å²) in [7, 11) is 0. The van der Waals surface area contributed by atoms with Gasteiger partial charge in [0.15, 0.2) is 6.10 Å². The maximum Gasteiger partial charge on any atom is 0.169 e. The van der Waals surface area contributed by atoms with Crippen molar-refractivity contribution in [3.8, 4) is 17.6 Å². The molecule has 0 aromatic heterocycles. The van der Waals surface area contributed by atoms with Crippen LogP contribution in [-0.2, 0) is 4.74 Å². The largest absolute Gasteiger partial charge is 0.457 e. The Morgan fingerprint density at radius 1 is 1.15 bits per heavy atom. The summed E-state index contributed by atoms with van der Waals surface area (Å²) in [6, 6.07) is 19.4. The number of hydrogen-bond donors (Lipinski definition) is 0. The van der Waals surface area contributed by atoms with Crippen molar-refractivity contribution in [1.29, 1.82) is 5.26 Å². The van der Waals surface area contributed by atoms with Gasteiger partial charge in [-0.1, -0.05) is 50.3 Å². The van der Waals surface area contributed by atoms with Crippen LogP contribution < -0.4 is 4.74 Å². The molecule has 1 aliphatic rings. The third kappa shape index (κ3) is 5.01. The molecule has 3 atom stereocenters. The molecule has 2 aromatic carbocycles. The highest BCUT2D eigenvalue weighted by atomic mass is 79.9. The predicted octanol–water partition coefficient (Wildman–Crippen LogP) is 6.96. The molecular weight excluding hydrogens is 470 g/mol. The van der Waals surface area contributed by atoms with Gasteiger partial charge in [0.25, 0.3) is 0 Å². The molecule has 1 fully saturated rings. The highest BCUT2D eigenvalue weighted by molar-refractivity contribution is 9.28. The topological polar surface area (TPSA) is 42.2 Å². The average Bonchev–Trinajstić information content (AvgIpc) is 3.15. The molecule has 1 aliphatic carbocycles. The van der Waals surface area contributed by atoms with Gasteiger partial charge >= 0.3 is 0 Å². The maximum absolute atomic E-state index is 9.59. The van der Waals surface area contributed by atoms with Gasteiger partial charge in [0.05, 0.1) is 16.1 Å². The number of para-hydroxylation sites is 1. The number of allylic oxidation sites excluding steroid dienone is 1. The molecule has 0 radical (unpaired) electrons. The molecule has 5 heteroatoms. The first-order valence-electron chi connectivity index (χ1n) is 8.78. The third-order valence-electron chi connectivity index (χ3n) is 5.14. The highest BCUT2D eigenvalue weighted by Gasteiger charge is 2.56. The monoisotopic (exact) mass is 489 g/mol. The van der Waals surface area contributed by atoms with E-state index in [0.717, 1.165) is 14.7 Å². The van der Waals surface area contributed by atoms with Crippen LogP contribution in [0, 0.1) is 28.6 Å². The lowest BCUT2D eigenvalue weighted by atomic mass is 10.1. The zero-order valence-electron chi connectivity index (χ0n) is 15.2. The van der Waals surface area contributed by atoms with Crippen LogP contribution in [0.2, 0.25) is 0 Å². The van der Waals surface area contributed by atoms with Gasteiger partial charge in [-0.15, -0.1) is 0 Å². The molecule has 27 heavy (non-hydrogen) atoms. The molecule has 0 aliphatic heterocycles. The summed E-state index contributed by atoms with van der Waals surface area (Å²) < 4.78 is 12.8. The molecule has 0 spiro atoms. The van der Waals surface area contributed by atoms with Crippen molar-refractivity contribution in [2.24, 2.45) is 17.3 Å². The van der Waals surface area contributed by atoms with Gasteiger partial charge in [-0.2, -0.15) is 5.26 Å². The number of ether oxygens (including phenoxy) is 2. The smallest absolute Gasteiger partial charge is 0.169 e. The lowest BCUT2D eigenvalue weighted by molar-refractivity contribution is 0.0741. The van der Waals surface area contributed by atoms with Crippen molar-refractivity contribution in [1.82, 2.24) is 0 Å². The van der Waals surface area contributed by atoms with Gasteiger partial charge in [0.1, 0.15) is 11.5 Å². The third-order valence-corrected chi connectivity index (χ3v) is 5.67. The van der Waals surface area contributed by atoms with Crippen LogP contribution in [0.4, 0.5) is 0 Å². The minimum Gasteiger partial charge on any atom is -0.457 e. The summed E-state index contributed by atoms with van der Waals surface area (Å²) >= 11 is 6.86. The molecular formula is C22H21Br2NO2. The van der Waals surface area contributed by atoms with Crippen LogP contribution >= 0.6 is 31.9 Å². The fraction of sp³-hybridized carbons (Fsp3) is 0.318. The Morgan fingerprint density at radius 3 is 2.52 bits per heavy atom. The molecule has 1 saturated carbocycles. The van der Waals surface area contributed by atoms with E-state index in [1.165, 1.54) is 0 Å². The lowest BCUT2D eigenvalue weighted by Crippen LogP contribution is -2.07. The highest BCUT2D eigenvalue weighted by Crippen LogP contribution is 2.60. The number of hydrogen-bond acceptors (Lipinski definition) is 3. The van der Waals surface area contributed by atoms with E-state index in [9.17, 15) is 5.26 Å². The summed E-state index contributed by atoms with van der Waals surface area (Å²) in [5, 5.41) is 9.59. The Morgan fingerprint density at radius 2 is 1.85 bits per heavy atom. The summed E-state index contributed by atoms with van der Waals surface area (Å²) in [6.07, 6.45) is 1.54. The fourth-order valence-corrected chi connectivity index (χ4v) is 3.91.